The van der Waals surface area contributed by atoms with Gasteiger partial charge in [-0.25, -0.2) is 0 Å². The topological polar surface area (TPSA) is 26.0 Å². The van der Waals surface area contributed by atoms with Crippen molar-refractivity contribution in [3.8, 4) is 0 Å². The van der Waals surface area contributed by atoms with Crippen LogP contribution < -0.4 is 5.73 Å². The first kappa shape index (κ1) is 10.7. The zero-order chi connectivity index (χ0) is 7.98. The summed E-state index contributed by atoms with van der Waals surface area (Å²) in [4.78, 5) is 0. The highest BCUT2D eigenvalue weighted by atomic mass is 32.1. The lowest BCUT2D eigenvalue weighted by Crippen LogP contribution is -2.17. The van der Waals surface area contributed by atoms with Crippen molar-refractivity contribution in [2.45, 2.75) is 25.8 Å². The maximum atomic E-state index is 5.60. The third-order valence-corrected chi connectivity index (χ3v) is 2.58. The Hall–Kier alpha value is 0.660. The number of hydrogen-bond donors (Lipinski definition) is 3. The van der Waals surface area contributed by atoms with Crippen molar-refractivity contribution in [1.29, 1.82) is 0 Å². The van der Waals surface area contributed by atoms with Crippen LogP contribution in [0.1, 0.15) is 19.8 Å². The molecule has 62 valence electrons. The van der Waals surface area contributed by atoms with Crippen LogP contribution in [0, 0.1) is 5.92 Å². The van der Waals surface area contributed by atoms with E-state index in [0.29, 0.717) is 12.0 Å². The van der Waals surface area contributed by atoms with Gasteiger partial charge in [-0.1, -0.05) is 0 Å². The summed E-state index contributed by atoms with van der Waals surface area (Å²) >= 11 is 8.42. The van der Waals surface area contributed by atoms with Crippen molar-refractivity contribution in [2.24, 2.45) is 11.7 Å². The van der Waals surface area contributed by atoms with E-state index in [2.05, 4.69) is 25.3 Å². The van der Waals surface area contributed by atoms with Crippen LogP contribution in [-0.2, 0) is 0 Å². The van der Waals surface area contributed by atoms with E-state index in [-0.39, 0.29) is 0 Å². The van der Waals surface area contributed by atoms with Crippen LogP contribution in [0.5, 0.6) is 0 Å². The minimum Gasteiger partial charge on any atom is -0.328 e. The normalized spacial score (nSPS) is 14.1. The Bertz CT molecular complexity index is 72.0. The molecule has 0 aromatic carbocycles. The number of hydrogen-bond acceptors (Lipinski definition) is 3. The van der Waals surface area contributed by atoms with E-state index < -0.39 is 0 Å². The predicted molar refractivity (Wildman–Crippen MR) is 54.1 cm³/mol. The molecule has 0 heterocycles. The summed E-state index contributed by atoms with van der Waals surface area (Å²) in [7, 11) is 0. The van der Waals surface area contributed by atoms with Crippen molar-refractivity contribution < 1.29 is 0 Å². The molecular weight excluding hydrogens is 162 g/mol. The summed E-state index contributed by atoms with van der Waals surface area (Å²) in [6.07, 6.45) is 2.25. The minimum absolute atomic E-state index is 0.322. The van der Waals surface area contributed by atoms with E-state index >= 15 is 0 Å². The standard InChI is InChI=1S/C7H17NS2/c1-6(8)2-3-7(4-9)5-10/h6-7,9-10H,2-5,8H2,1H3. The Kier molecular flexibility index (Phi) is 6.80. The smallest absolute Gasteiger partial charge is 0.00105 e. The summed E-state index contributed by atoms with van der Waals surface area (Å²) in [5.74, 6) is 2.49. The van der Waals surface area contributed by atoms with E-state index in [0.717, 1.165) is 24.3 Å². The van der Waals surface area contributed by atoms with Gasteiger partial charge in [-0.2, -0.15) is 25.3 Å². The molecule has 0 saturated carbocycles. The van der Waals surface area contributed by atoms with Crippen LogP contribution in [0.2, 0.25) is 0 Å². The van der Waals surface area contributed by atoms with E-state index in [1.807, 2.05) is 6.92 Å². The number of nitrogens with two attached hydrogens (primary N) is 1. The van der Waals surface area contributed by atoms with Gasteiger partial charge in [0.1, 0.15) is 0 Å². The monoisotopic (exact) mass is 179 g/mol. The Morgan fingerprint density at radius 1 is 1.20 bits per heavy atom. The average molecular weight is 179 g/mol. The molecule has 0 amide bonds. The lowest BCUT2D eigenvalue weighted by molar-refractivity contribution is 0.527. The molecule has 0 aliphatic carbocycles. The van der Waals surface area contributed by atoms with Gasteiger partial charge in [0.15, 0.2) is 0 Å². The molecule has 0 aromatic heterocycles. The summed E-state index contributed by atoms with van der Waals surface area (Å²) in [5.41, 5.74) is 5.60. The van der Waals surface area contributed by atoms with Gasteiger partial charge in [0.25, 0.3) is 0 Å². The molecule has 10 heavy (non-hydrogen) atoms. The quantitative estimate of drug-likeness (QED) is 0.549. The highest BCUT2D eigenvalue weighted by molar-refractivity contribution is 7.81. The molecule has 1 unspecified atom stereocenters. The first-order valence-corrected chi connectivity index (χ1v) is 4.94. The van der Waals surface area contributed by atoms with Crippen molar-refractivity contribution >= 4 is 25.3 Å². The number of thiol groups is 2. The van der Waals surface area contributed by atoms with Crippen LogP contribution in [0.15, 0.2) is 0 Å². The Morgan fingerprint density at radius 2 is 1.70 bits per heavy atom. The van der Waals surface area contributed by atoms with Crippen LogP contribution in [0.25, 0.3) is 0 Å². The van der Waals surface area contributed by atoms with Gasteiger partial charge >= 0.3 is 0 Å². The average Bonchev–Trinajstić information content (AvgIpc) is 1.90. The lowest BCUT2D eigenvalue weighted by Gasteiger charge is -2.11. The highest BCUT2D eigenvalue weighted by Crippen LogP contribution is 2.10. The van der Waals surface area contributed by atoms with Crippen LogP contribution >= 0.6 is 25.3 Å². The van der Waals surface area contributed by atoms with Crippen LogP contribution in [-0.4, -0.2) is 17.5 Å². The van der Waals surface area contributed by atoms with Gasteiger partial charge in [-0.05, 0) is 37.2 Å². The van der Waals surface area contributed by atoms with Gasteiger partial charge < -0.3 is 5.73 Å². The van der Waals surface area contributed by atoms with Gasteiger partial charge in [-0.15, -0.1) is 0 Å². The van der Waals surface area contributed by atoms with Crippen LogP contribution in [0.3, 0.4) is 0 Å². The van der Waals surface area contributed by atoms with Crippen molar-refractivity contribution in [3.05, 3.63) is 0 Å². The zero-order valence-electron chi connectivity index (χ0n) is 6.45. The SMILES string of the molecule is CC(N)CCC(CS)CS. The fraction of sp³-hybridized carbons (Fsp3) is 1.00. The zero-order valence-corrected chi connectivity index (χ0v) is 8.24. The molecule has 0 bridgehead atoms. The Morgan fingerprint density at radius 3 is 2.00 bits per heavy atom. The third-order valence-electron chi connectivity index (χ3n) is 1.55. The molecule has 1 nitrogen and oxygen atoms in total. The van der Waals surface area contributed by atoms with Gasteiger partial charge in [0.2, 0.25) is 0 Å². The number of rotatable bonds is 5. The third kappa shape index (κ3) is 5.45. The van der Waals surface area contributed by atoms with Crippen molar-refractivity contribution in [3.63, 3.8) is 0 Å². The predicted octanol–water partition coefficient (Wildman–Crippen LogP) is 1.59. The Labute approximate surface area is 74.6 Å². The highest BCUT2D eigenvalue weighted by Gasteiger charge is 2.04. The summed E-state index contributed by atoms with van der Waals surface area (Å²) < 4.78 is 0. The van der Waals surface area contributed by atoms with Gasteiger partial charge in [0, 0.05) is 6.04 Å². The van der Waals surface area contributed by atoms with Crippen LogP contribution in [0.4, 0.5) is 0 Å². The van der Waals surface area contributed by atoms with E-state index in [1.165, 1.54) is 0 Å². The molecule has 0 saturated heterocycles. The van der Waals surface area contributed by atoms with Gasteiger partial charge in [-0.3, -0.25) is 0 Å². The second kappa shape index (κ2) is 6.38. The molecule has 0 fully saturated rings. The first-order chi connectivity index (χ1) is 4.70. The molecule has 0 aliphatic heterocycles. The van der Waals surface area contributed by atoms with Gasteiger partial charge in [0.05, 0.1) is 0 Å². The first-order valence-electron chi connectivity index (χ1n) is 3.68. The Balaban J connectivity index is 3.26. The fourth-order valence-corrected chi connectivity index (χ4v) is 1.57. The largest absolute Gasteiger partial charge is 0.328 e. The second-order valence-electron chi connectivity index (χ2n) is 2.79. The van der Waals surface area contributed by atoms with E-state index in [1.54, 1.807) is 0 Å². The molecule has 0 aromatic rings. The summed E-state index contributed by atoms with van der Waals surface area (Å²) in [5, 5.41) is 0. The molecule has 2 N–H and O–H groups in total. The minimum atomic E-state index is 0.322. The molecule has 0 rings (SSSR count). The maximum absolute atomic E-state index is 5.60. The molecular formula is C7H17NS2. The molecule has 1 atom stereocenters. The molecule has 0 aliphatic rings. The van der Waals surface area contributed by atoms with E-state index in [4.69, 9.17) is 5.73 Å². The van der Waals surface area contributed by atoms with Crippen molar-refractivity contribution in [1.82, 2.24) is 0 Å². The summed E-state index contributed by atoms with van der Waals surface area (Å²) in [6.45, 7) is 2.04. The van der Waals surface area contributed by atoms with E-state index in [9.17, 15) is 0 Å². The molecule has 0 spiro atoms. The van der Waals surface area contributed by atoms with Crippen molar-refractivity contribution in [2.75, 3.05) is 11.5 Å². The summed E-state index contributed by atoms with van der Waals surface area (Å²) in [6, 6.07) is 0.322. The fourth-order valence-electron chi connectivity index (χ4n) is 0.739. The lowest BCUT2D eigenvalue weighted by atomic mass is 10.0. The second-order valence-corrected chi connectivity index (χ2v) is 3.52. The maximum Gasteiger partial charge on any atom is 0.00105 e. The molecule has 0 radical (unpaired) electrons. The molecule has 3 heteroatoms.